The molecule has 0 fully saturated rings. The van der Waals surface area contributed by atoms with Crippen LogP contribution in [0.5, 0.6) is 5.75 Å². The number of hydrogen-bond donors (Lipinski definition) is 1. The lowest BCUT2D eigenvalue weighted by molar-refractivity contribution is -0.132. The van der Waals surface area contributed by atoms with E-state index in [9.17, 15) is 13.2 Å². The first-order valence-corrected chi connectivity index (χ1v) is 11.9. The first-order valence-electron chi connectivity index (χ1n) is 10.0. The molecular formula is C24H25ClN2O4S. The van der Waals surface area contributed by atoms with Crippen molar-refractivity contribution in [2.45, 2.75) is 24.4 Å². The smallest absolute Gasteiger partial charge is 0.260 e. The number of nitrogens with zero attached hydrogens (tertiary/aromatic N) is 1. The number of benzene rings is 3. The Labute approximate surface area is 193 Å². The van der Waals surface area contributed by atoms with Crippen molar-refractivity contribution >= 4 is 27.5 Å². The average Bonchev–Trinajstić information content (AvgIpc) is 2.79. The molecule has 0 aliphatic rings. The number of carbonyl (C=O) groups is 1. The molecule has 0 radical (unpaired) electrons. The van der Waals surface area contributed by atoms with Gasteiger partial charge in [0.2, 0.25) is 10.0 Å². The SMILES string of the molecule is C[C@H](NS(=O)(=O)c1ccc(OCC(=O)N(C)Cc2ccccc2)c(Cl)c1)c1ccccc1. The van der Waals surface area contributed by atoms with E-state index in [0.717, 1.165) is 11.1 Å². The summed E-state index contributed by atoms with van der Waals surface area (Å²) in [5, 5.41) is 0.110. The van der Waals surface area contributed by atoms with Gasteiger partial charge in [-0.05, 0) is 36.2 Å². The van der Waals surface area contributed by atoms with Gasteiger partial charge in [-0.25, -0.2) is 13.1 Å². The molecule has 3 aromatic rings. The first-order chi connectivity index (χ1) is 15.3. The van der Waals surface area contributed by atoms with Gasteiger partial charge in [0, 0.05) is 19.6 Å². The molecule has 0 saturated heterocycles. The Morgan fingerprint density at radius 3 is 2.28 bits per heavy atom. The highest BCUT2D eigenvalue weighted by molar-refractivity contribution is 7.89. The van der Waals surface area contributed by atoms with E-state index < -0.39 is 16.1 Å². The third-order valence-electron chi connectivity index (χ3n) is 4.88. The number of halogens is 1. The summed E-state index contributed by atoms with van der Waals surface area (Å²) in [6, 6.07) is 22.6. The zero-order valence-corrected chi connectivity index (χ0v) is 19.4. The van der Waals surface area contributed by atoms with Gasteiger partial charge >= 0.3 is 0 Å². The summed E-state index contributed by atoms with van der Waals surface area (Å²) < 4.78 is 33.6. The van der Waals surface area contributed by atoms with Crippen LogP contribution in [0.3, 0.4) is 0 Å². The molecule has 32 heavy (non-hydrogen) atoms. The Bertz CT molecular complexity index is 1160. The zero-order chi connectivity index (χ0) is 23.1. The van der Waals surface area contributed by atoms with Gasteiger partial charge in [0.15, 0.2) is 6.61 Å². The molecule has 0 aromatic heterocycles. The third kappa shape index (κ3) is 6.32. The van der Waals surface area contributed by atoms with Crippen molar-refractivity contribution in [2.75, 3.05) is 13.7 Å². The van der Waals surface area contributed by atoms with Gasteiger partial charge in [0.05, 0.1) is 9.92 Å². The molecule has 8 heteroatoms. The van der Waals surface area contributed by atoms with Gasteiger partial charge in [-0.2, -0.15) is 0 Å². The molecule has 0 unspecified atom stereocenters. The molecule has 1 atom stereocenters. The van der Waals surface area contributed by atoms with Crippen molar-refractivity contribution in [3.8, 4) is 5.75 Å². The molecule has 1 amide bonds. The molecule has 3 aromatic carbocycles. The molecule has 0 heterocycles. The maximum Gasteiger partial charge on any atom is 0.260 e. The largest absolute Gasteiger partial charge is 0.482 e. The van der Waals surface area contributed by atoms with Gasteiger partial charge in [-0.15, -0.1) is 0 Å². The highest BCUT2D eigenvalue weighted by atomic mass is 35.5. The predicted octanol–water partition coefficient (Wildman–Crippen LogP) is 4.42. The Hall–Kier alpha value is -2.87. The predicted molar refractivity (Wildman–Crippen MR) is 125 cm³/mol. The summed E-state index contributed by atoms with van der Waals surface area (Å²) >= 11 is 6.24. The van der Waals surface area contributed by atoms with Gasteiger partial charge in [0.25, 0.3) is 5.91 Å². The van der Waals surface area contributed by atoms with Crippen LogP contribution in [-0.4, -0.2) is 32.9 Å². The number of hydrogen-bond acceptors (Lipinski definition) is 4. The minimum atomic E-state index is -3.79. The highest BCUT2D eigenvalue weighted by Gasteiger charge is 2.20. The summed E-state index contributed by atoms with van der Waals surface area (Å²) in [6.07, 6.45) is 0. The number of likely N-dealkylation sites (N-methyl/N-ethyl adjacent to an activating group) is 1. The molecule has 0 aliphatic carbocycles. The monoisotopic (exact) mass is 472 g/mol. The lowest BCUT2D eigenvalue weighted by Gasteiger charge is -2.18. The van der Waals surface area contributed by atoms with E-state index in [2.05, 4.69) is 4.72 Å². The average molecular weight is 473 g/mol. The zero-order valence-electron chi connectivity index (χ0n) is 17.9. The molecule has 6 nitrogen and oxygen atoms in total. The second kappa shape index (κ2) is 10.6. The van der Waals surface area contributed by atoms with Crippen LogP contribution in [-0.2, 0) is 21.4 Å². The van der Waals surface area contributed by atoms with Crippen LogP contribution < -0.4 is 9.46 Å². The van der Waals surface area contributed by atoms with Gasteiger partial charge in [-0.1, -0.05) is 72.3 Å². The van der Waals surface area contributed by atoms with Crippen LogP contribution in [0.15, 0.2) is 83.8 Å². The van der Waals surface area contributed by atoms with Crippen molar-refractivity contribution in [2.24, 2.45) is 0 Å². The summed E-state index contributed by atoms with van der Waals surface area (Å²) in [5.74, 6) is 0.0168. The molecule has 168 valence electrons. The Morgan fingerprint density at radius 2 is 1.66 bits per heavy atom. The van der Waals surface area contributed by atoms with Gasteiger partial charge in [-0.3, -0.25) is 4.79 Å². The van der Waals surface area contributed by atoms with Crippen LogP contribution in [0.2, 0.25) is 5.02 Å². The van der Waals surface area contributed by atoms with E-state index in [4.69, 9.17) is 16.3 Å². The normalized spacial score (nSPS) is 12.2. The van der Waals surface area contributed by atoms with Crippen molar-refractivity contribution in [1.82, 2.24) is 9.62 Å². The number of nitrogens with one attached hydrogen (secondary N) is 1. The van der Waals surface area contributed by atoms with Crippen LogP contribution >= 0.6 is 11.6 Å². The van der Waals surface area contributed by atoms with E-state index in [-0.39, 0.29) is 28.2 Å². The number of amides is 1. The summed E-state index contributed by atoms with van der Waals surface area (Å²) in [4.78, 5) is 13.9. The maximum atomic E-state index is 12.7. The molecule has 0 saturated carbocycles. The van der Waals surface area contributed by atoms with Crippen LogP contribution in [0.25, 0.3) is 0 Å². The first kappa shape index (κ1) is 23.8. The number of ether oxygens (including phenoxy) is 1. The summed E-state index contributed by atoms with van der Waals surface area (Å²) in [6.45, 7) is 2.02. The topological polar surface area (TPSA) is 75.7 Å². The fraction of sp³-hybridized carbons (Fsp3) is 0.208. The van der Waals surface area contributed by atoms with Crippen molar-refractivity contribution in [3.63, 3.8) is 0 Å². The molecular weight excluding hydrogens is 448 g/mol. The fourth-order valence-corrected chi connectivity index (χ4v) is 4.63. The minimum Gasteiger partial charge on any atom is -0.482 e. The van der Waals surface area contributed by atoms with E-state index in [0.29, 0.717) is 6.54 Å². The molecule has 0 spiro atoms. The quantitative estimate of drug-likeness (QED) is 0.500. The van der Waals surface area contributed by atoms with Crippen LogP contribution in [0, 0.1) is 0 Å². The maximum absolute atomic E-state index is 12.7. The van der Waals surface area contributed by atoms with Gasteiger partial charge in [0.1, 0.15) is 5.75 Å². The number of carbonyl (C=O) groups excluding carboxylic acids is 1. The Morgan fingerprint density at radius 1 is 1.03 bits per heavy atom. The second-order valence-corrected chi connectivity index (χ2v) is 9.49. The molecule has 1 N–H and O–H groups in total. The number of sulfonamides is 1. The fourth-order valence-electron chi connectivity index (χ4n) is 3.07. The molecule has 0 bridgehead atoms. The van der Waals surface area contributed by atoms with E-state index in [1.807, 2.05) is 60.7 Å². The summed E-state index contributed by atoms with van der Waals surface area (Å²) in [7, 11) is -2.10. The van der Waals surface area contributed by atoms with Gasteiger partial charge < -0.3 is 9.64 Å². The van der Waals surface area contributed by atoms with Crippen molar-refractivity contribution < 1.29 is 17.9 Å². The number of rotatable bonds is 9. The van der Waals surface area contributed by atoms with Crippen LogP contribution in [0.1, 0.15) is 24.1 Å². The Balaban J connectivity index is 1.61. The van der Waals surface area contributed by atoms with Crippen molar-refractivity contribution in [3.05, 3.63) is 95.0 Å². The Kier molecular flexibility index (Phi) is 7.90. The second-order valence-electron chi connectivity index (χ2n) is 7.37. The molecule has 0 aliphatic heterocycles. The standard InChI is InChI=1S/C24H25ClN2O4S/c1-18(20-11-7-4-8-12-20)26-32(29,30)21-13-14-23(22(25)15-21)31-17-24(28)27(2)16-19-9-5-3-6-10-19/h3-15,18,26H,16-17H2,1-2H3/t18-/m0/s1. The van der Waals surface area contributed by atoms with Crippen LogP contribution in [0.4, 0.5) is 0 Å². The minimum absolute atomic E-state index is 0.0187. The lowest BCUT2D eigenvalue weighted by Crippen LogP contribution is -2.31. The van der Waals surface area contributed by atoms with E-state index >= 15 is 0 Å². The van der Waals surface area contributed by atoms with Crippen molar-refractivity contribution in [1.29, 1.82) is 0 Å². The van der Waals surface area contributed by atoms with E-state index in [1.54, 1.807) is 18.9 Å². The lowest BCUT2D eigenvalue weighted by atomic mass is 10.1. The van der Waals surface area contributed by atoms with E-state index in [1.165, 1.54) is 18.2 Å². The summed E-state index contributed by atoms with van der Waals surface area (Å²) in [5.41, 5.74) is 1.86. The highest BCUT2D eigenvalue weighted by Crippen LogP contribution is 2.28. The third-order valence-corrected chi connectivity index (χ3v) is 6.72. The molecule has 3 rings (SSSR count).